The van der Waals surface area contributed by atoms with E-state index in [2.05, 4.69) is 32.6 Å². The van der Waals surface area contributed by atoms with Crippen LogP contribution < -0.4 is 0 Å². The zero-order valence-corrected chi connectivity index (χ0v) is 5.50. The van der Waals surface area contributed by atoms with Gasteiger partial charge in [0.15, 0.2) is 0 Å². The highest BCUT2D eigenvalue weighted by molar-refractivity contribution is 5.04. The van der Waals surface area contributed by atoms with Crippen LogP contribution in [0.25, 0.3) is 0 Å². The van der Waals surface area contributed by atoms with Crippen LogP contribution in [0.4, 0.5) is 0 Å². The molecule has 0 rings (SSSR count). The Kier molecular flexibility index (Phi) is 10.0. The third-order valence-electron chi connectivity index (χ3n) is 0.500. The molecule has 0 aliphatic carbocycles. The quantitative estimate of drug-likeness (QED) is 0.439. The minimum atomic E-state index is 0. The molecule has 0 spiro atoms. The van der Waals surface area contributed by atoms with Gasteiger partial charge in [-0.3, -0.25) is 0 Å². The van der Waals surface area contributed by atoms with E-state index in [0.29, 0.717) is 0 Å². The molecule has 0 radical (unpaired) electrons. The summed E-state index contributed by atoms with van der Waals surface area (Å²) in [4.78, 5) is 0. The number of hydrogen-bond acceptors (Lipinski definition) is 0. The van der Waals surface area contributed by atoms with Crippen molar-refractivity contribution >= 4 is 0 Å². The molecule has 0 atom stereocenters. The average molecular weight is 128 g/mol. The molecule has 0 saturated heterocycles. The van der Waals surface area contributed by atoms with E-state index in [4.69, 9.17) is 0 Å². The van der Waals surface area contributed by atoms with Gasteiger partial charge in [0.05, 0.1) is 0 Å². The summed E-state index contributed by atoms with van der Waals surface area (Å²) in [6.45, 7) is 8.17. The van der Waals surface area contributed by atoms with E-state index in [1.54, 1.807) is 0 Å². The molecule has 0 N–H and O–H groups in total. The molecular formula is C9H20. The van der Waals surface area contributed by atoms with Gasteiger partial charge in [-0.05, 0) is 27.7 Å². The van der Waals surface area contributed by atoms with E-state index >= 15 is 0 Å². The minimum absolute atomic E-state index is 0. The molecule has 0 saturated carbocycles. The minimum Gasteiger partial charge on any atom is -0.106 e. The van der Waals surface area contributed by atoms with Crippen LogP contribution in [0.2, 0.25) is 0 Å². The molecule has 9 heavy (non-hydrogen) atoms. The van der Waals surface area contributed by atoms with Crippen LogP contribution in [0.1, 0.15) is 42.5 Å². The molecule has 56 valence electrons. The Morgan fingerprint density at radius 1 is 1.00 bits per heavy atom. The lowest BCUT2D eigenvalue weighted by Crippen LogP contribution is -1.98. The van der Waals surface area contributed by atoms with E-state index < -0.39 is 0 Å². The van der Waals surface area contributed by atoms with E-state index in [1.807, 2.05) is 6.92 Å². The first-order valence-corrected chi connectivity index (χ1v) is 2.50. The van der Waals surface area contributed by atoms with Gasteiger partial charge in [0.1, 0.15) is 0 Å². The van der Waals surface area contributed by atoms with Crippen LogP contribution in [0.3, 0.4) is 0 Å². The summed E-state index contributed by atoms with van der Waals surface area (Å²) < 4.78 is 0. The molecule has 0 heterocycles. The highest BCUT2D eigenvalue weighted by atomic mass is 14.0. The Labute approximate surface area is 60.7 Å². The van der Waals surface area contributed by atoms with Crippen LogP contribution in [-0.4, -0.2) is 0 Å². The van der Waals surface area contributed by atoms with Crippen molar-refractivity contribution in [2.45, 2.75) is 42.5 Å². The van der Waals surface area contributed by atoms with Crippen molar-refractivity contribution in [3.63, 3.8) is 0 Å². The second-order valence-electron chi connectivity index (χ2n) is 2.62. The van der Waals surface area contributed by atoms with Crippen LogP contribution in [0, 0.1) is 17.3 Å². The molecule has 0 heteroatoms. The number of rotatable bonds is 0. The van der Waals surface area contributed by atoms with E-state index in [-0.39, 0.29) is 20.3 Å². The van der Waals surface area contributed by atoms with Gasteiger partial charge in [0.25, 0.3) is 0 Å². The number of hydrogen-bond donors (Lipinski definition) is 0. The lowest BCUT2D eigenvalue weighted by atomic mass is 9.98. The first-order valence-electron chi connectivity index (χ1n) is 2.50. The second kappa shape index (κ2) is 5.69. The Morgan fingerprint density at radius 2 is 1.33 bits per heavy atom. The normalized spacial score (nSPS) is 7.56. The van der Waals surface area contributed by atoms with Gasteiger partial charge < -0.3 is 0 Å². The van der Waals surface area contributed by atoms with Gasteiger partial charge in [0.2, 0.25) is 0 Å². The second-order valence-corrected chi connectivity index (χ2v) is 2.62. The highest BCUT2D eigenvalue weighted by Crippen LogP contribution is 2.09. The smallest absolute Gasteiger partial charge is 0.0230 e. The zero-order chi connectivity index (χ0) is 5.91. The third-order valence-corrected chi connectivity index (χ3v) is 0.500. The maximum Gasteiger partial charge on any atom is 0.0230 e. The summed E-state index contributed by atoms with van der Waals surface area (Å²) in [5, 5.41) is 0. The van der Waals surface area contributed by atoms with Gasteiger partial charge in [-0.1, -0.05) is 20.8 Å². The largest absolute Gasteiger partial charge is 0.106 e. The van der Waals surface area contributed by atoms with Crippen molar-refractivity contribution in [3.8, 4) is 11.8 Å². The van der Waals surface area contributed by atoms with Gasteiger partial charge in [0, 0.05) is 5.41 Å². The zero-order valence-electron chi connectivity index (χ0n) is 5.50. The lowest BCUT2D eigenvalue weighted by Gasteiger charge is -2.05. The molecule has 0 fully saturated rings. The summed E-state index contributed by atoms with van der Waals surface area (Å²) in [5.41, 5.74) is 0.189. The molecule has 0 aliphatic rings. The highest BCUT2D eigenvalue weighted by Gasteiger charge is 2.01. The summed E-state index contributed by atoms with van der Waals surface area (Å²) >= 11 is 0. The summed E-state index contributed by atoms with van der Waals surface area (Å²) in [7, 11) is 0. The first-order chi connectivity index (χ1) is 3.06. The van der Waals surface area contributed by atoms with Crippen LogP contribution in [0.15, 0.2) is 0 Å². The fourth-order valence-electron chi connectivity index (χ4n) is 0.375. The SMILES string of the molecule is C.C.CC#CC(C)(C)C. The van der Waals surface area contributed by atoms with Crippen molar-refractivity contribution in [2.75, 3.05) is 0 Å². The topological polar surface area (TPSA) is 0 Å². The van der Waals surface area contributed by atoms with E-state index in [9.17, 15) is 0 Å². The molecule has 0 aromatic carbocycles. The Balaban J connectivity index is -0.000000180. The Hall–Kier alpha value is -0.440. The monoisotopic (exact) mass is 128 g/mol. The summed E-state index contributed by atoms with van der Waals surface area (Å²) in [5.74, 6) is 5.89. The Bertz CT molecular complexity index is 93.4. The van der Waals surface area contributed by atoms with Crippen LogP contribution in [-0.2, 0) is 0 Å². The maximum absolute atomic E-state index is 3.03. The van der Waals surface area contributed by atoms with Crippen molar-refractivity contribution in [3.05, 3.63) is 0 Å². The van der Waals surface area contributed by atoms with Crippen LogP contribution in [0.5, 0.6) is 0 Å². The summed E-state index contributed by atoms with van der Waals surface area (Å²) in [6.07, 6.45) is 0. The van der Waals surface area contributed by atoms with Gasteiger partial charge >= 0.3 is 0 Å². The van der Waals surface area contributed by atoms with Gasteiger partial charge in [-0.25, -0.2) is 0 Å². The first kappa shape index (κ1) is 15.8. The molecule has 0 unspecified atom stereocenters. The predicted molar refractivity (Wildman–Crippen MR) is 46.4 cm³/mol. The van der Waals surface area contributed by atoms with Crippen molar-refractivity contribution < 1.29 is 0 Å². The van der Waals surface area contributed by atoms with Crippen molar-refractivity contribution in [1.29, 1.82) is 0 Å². The fourth-order valence-corrected chi connectivity index (χ4v) is 0.375. The van der Waals surface area contributed by atoms with Gasteiger partial charge in [-0.2, -0.15) is 0 Å². The molecular weight excluding hydrogens is 108 g/mol. The predicted octanol–water partition coefficient (Wildman–Crippen LogP) is 3.33. The molecule has 0 amide bonds. The molecule has 0 aliphatic heterocycles. The molecule has 0 bridgehead atoms. The van der Waals surface area contributed by atoms with Crippen molar-refractivity contribution in [1.82, 2.24) is 0 Å². The maximum atomic E-state index is 3.03. The van der Waals surface area contributed by atoms with Gasteiger partial charge in [-0.15, -0.1) is 5.92 Å². The average Bonchev–Trinajstić information content (AvgIpc) is 1.30. The molecule has 0 nitrogen and oxygen atoms in total. The lowest BCUT2D eigenvalue weighted by molar-refractivity contribution is 0.571. The fraction of sp³-hybridized carbons (Fsp3) is 0.778. The molecule has 0 aromatic heterocycles. The van der Waals surface area contributed by atoms with Crippen molar-refractivity contribution in [2.24, 2.45) is 5.41 Å². The van der Waals surface area contributed by atoms with Crippen LogP contribution >= 0.6 is 0 Å². The van der Waals surface area contributed by atoms with E-state index in [1.165, 1.54) is 0 Å². The Morgan fingerprint density at radius 3 is 1.33 bits per heavy atom. The summed E-state index contributed by atoms with van der Waals surface area (Å²) in [6, 6.07) is 0. The third kappa shape index (κ3) is 18.4. The standard InChI is InChI=1S/C7H12.2CH4/c1-5-6-7(2,3)4;;/h1-4H3;2*1H4. The van der Waals surface area contributed by atoms with E-state index in [0.717, 1.165) is 0 Å². The molecule has 0 aromatic rings.